The van der Waals surface area contributed by atoms with Crippen molar-refractivity contribution >= 4 is 75.1 Å². The Morgan fingerprint density at radius 3 is 2.44 bits per heavy atom. The SMILES string of the molecule is CNCc1csc(C(=O)Nc2c(C(=O)Nc3ccc(Cl)cn3)cc(Cl)cc2N2CCN(C)CC2)c1Cl. The molecule has 36 heavy (non-hydrogen) atoms. The number of likely N-dealkylation sites (N-methyl/N-ethyl adjacent to an activating group) is 1. The second-order valence-electron chi connectivity index (χ2n) is 8.34. The molecule has 1 aliphatic heterocycles. The summed E-state index contributed by atoms with van der Waals surface area (Å²) in [5, 5.41) is 11.8. The molecule has 2 aromatic heterocycles. The van der Waals surface area contributed by atoms with Crippen LogP contribution >= 0.6 is 46.1 Å². The highest BCUT2D eigenvalue weighted by Crippen LogP contribution is 2.36. The molecule has 3 aromatic rings. The number of hydrogen-bond acceptors (Lipinski definition) is 7. The first-order valence-corrected chi connectivity index (χ1v) is 13.2. The molecule has 0 saturated carbocycles. The van der Waals surface area contributed by atoms with E-state index < -0.39 is 11.8 Å². The Hall–Kier alpha value is -2.40. The normalized spacial score (nSPS) is 14.1. The molecule has 3 N–H and O–H groups in total. The molecule has 0 spiro atoms. The summed E-state index contributed by atoms with van der Waals surface area (Å²) >= 11 is 20.1. The van der Waals surface area contributed by atoms with Crippen LogP contribution < -0.4 is 20.9 Å². The summed E-state index contributed by atoms with van der Waals surface area (Å²) in [6, 6.07) is 6.52. The van der Waals surface area contributed by atoms with Gasteiger partial charge in [0.25, 0.3) is 11.8 Å². The maximum absolute atomic E-state index is 13.4. The highest BCUT2D eigenvalue weighted by atomic mass is 35.5. The van der Waals surface area contributed by atoms with Crippen molar-refractivity contribution < 1.29 is 9.59 Å². The van der Waals surface area contributed by atoms with Gasteiger partial charge in [0.15, 0.2) is 0 Å². The van der Waals surface area contributed by atoms with Crippen molar-refractivity contribution in [3.63, 3.8) is 0 Å². The third-order valence-corrected chi connectivity index (χ3v) is 7.77. The molecule has 1 aromatic carbocycles. The number of carbonyl (C=O) groups excluding carboxylic acids is 2. The number of nitrogens with one attached hydrogen (secondary N) is 3. The monoisotopic (exact) mass is 566 g/mol. The predicted molar refractivity (Wildman–Crippen MR) is 148 cm³/mol. The van der Waals surface area contributed by atoms with E-state index >= 15 is 0 Å². The first kappa shape index (κ1) is 26.7. The first-order chi connectivity index (χ1) is 17.3. The van der Waals surface area contributed by atoms with Gasteiger partial charge < -0.3 is 25.8 Å². The van der Waals surface area contributed by atoms with E-state index in [-0.39, 0.29) is 5.56 Å². The molecule has 1 fully saturated rings. The number of hydrogen-bond donors (Lipinski definition) is 3. The van der Waals surface area contributed by atoms with E-state index in [0.717, 1.165) is 18.7 Å². The third-order valence-electron chi connectivity index (χ3n) is 5.75. The van der Waals surface area contributed by atoms with E-state index in [0.29, 0.717) is 56.8 Å². The lowest BCUT2D eigenvalue weighted by atomic mass is 10.1. The number of anilines is 3. The lowest BCUT2D eigenvalue weighted by molar-refractivity contribution is 0.102. The molecule has 12 heteroatoms. The maximum Gasteiger partial charge on any atom is 0.267 e. The number of halogens is 3. The lowest BCUT2D eigenvalue weighted by Crippen LogP contribution is -2.45. The molecule has 0 radical (unpaired) electrons. The quantitative estimate of drug-likeness (QED) is 0.369. The third kappa shape index (κ3) is 6.11. The molecule has 1 aliphatic rings. The Kier molecular flexibility index (Phi) is 8.71. The minimum atomic E-state index is -0.467. The Labute approximate surface area is 228 Å². The Bertz CT molecular complexity index is 1260. The molecule has 8 nitrogen and oxygen atoms in total. The fraction of sp³-hybridized carbons (Fsp3) is 0.292. The van der Waals surface area contributed by atoms with Gasteiger partial charge in [-0.25, -0.2) is 4.98 Å². The predicted octanol–water partition coefficient (Wildman–Crippen LogP) is 5.08. The van der Waals surface area contributed by atoms with Crippen LogP contribution in [0.25, 0.3) is 0 Å². The van der Waals surface area contributed by atoms with E-state index in [2.05, 4.69) is 37.8 Å². The molecule has 190 valence electrons. The van der Waals surface area contributed by atoms with Crippen LogP contribution in [0, 0.1) is 0 Å². The van der Waals surface area contributed by atoms with Gasteiger partial charge in [-0.3, -0.25) is 9.59 Å². The van der Waals surface area contributed by atoms with Gasteiger partial charge >= 0.3 is 0 Å². The summed E-state index contributed by atoms with van der Waals surface area (Å²) in [4.78, 5) is 35.6. The summed E-state index contributed by atoms with van der Waals surface area (Å²) in [5.74, 6) is -0.546. The first-order valence-electron chi connectivity index (χ1n) is 11.2. The van der Waals surface area contributed by atoms with Gasteiger partial charge in [0, 0.05) is 43.9 Å². The Morgan fingerprint density at radius 2 is 1.78 bits per heavy atom. The van der Waals surface area contributed by atoms with Crippen LogP contribution in [0.4, 0.5) is 17.2 Å². The molecule has 2 amide bonds. The van der Waals surface area contributed by atoms with Crippen molar-refractivity contribution in [2.75, 3.05) is 55.8 Å². The van der Waals surface area contributed by atoms with Crippen LogP contribution in [0.3, 0.4) is 0 Å². The number of amides is 2. The average molecular weight is 568 g/mol. The van der Waals surface area contributed by atoms with Crippen LogP contribution in [0.15, 0.2) is 35.8 Å². The zero-order chi connectivity index (χ0) is 25.8. The molecule has 0 bridgehead atoms. The molecule has 0 aliphatic carbocycles. The zero-order valence-corrected chi connectivity index (χ0v) is 22.8. The van der Waals surface area contributed by atoms with Crippen molar-refractivity contribution in [2.45, 2.75) is 6.54 Å². The molecule has 0 atom stereocenters. The summed E-state index contributed by atoms with van der Waals surface area (Å²) in [6.45, 7) is 3.63. The highest BCUT2D eigenvalue weighted by molar-refractivity contribution is 7.13. The molecule has 1 saturated heterocycles. The van der Waals surface area contributed by atoms with E-state index in [9.17, 15) is 9.59 Å². The van der Waals surface area contributed by atoms with Crippen LogP contribution in [0.5, 0.6) is 0 Å². The molecular weight excluding hydrogens is 543 g/mol. The van der Waals surface area contributed by atoms with E-state index in [1.54, 1.807) is 18.2 Å². The van der Waals surface area contributed by atoms with Crippen molar-refractivity contribution in [1.82, 2.24) is 15.2 Å². The second kappa shape index (κ2) is 11.8. The fourth-order valence-electron chi connectivity index (χ4n) is 3.85. The number of aromatic nitrogens is 1. The fourth-order valence-corrected chi connectivity index (χ4v) is 5.43. The number of benzene rings is 1. The van der Waals surface area contributed by atoms with Crippen LogP contribution in [-0.2, 0) is 6.54 Å². The Balaban J connectivity index is 1.72. The molecule has 3 heterocycles. The van der Waals surface area contributed by atoms with Gasteiger partial charge in [0.1, 0.15) is 10.7 Å². The van der Waals surface area contributed by atoms with Gasteiger partial charge in [0.05, 0.1) is 27.0 Å². The number of carbonyl (C=O) groups is 2. The minimum Gasteiger partial charge on any atom is -0.367 e. The Morgan fingerprint density at radius 1 is 1.03 bits per heavy atom. The van der Waals surface area contributed by atoms with E-state index in [4.69, 9.17) is 34.8 Å². The van der Waals surface area contributed by atoms with E-state index in [1.807, 2.05) is 12.4 Å². The highest BCUT2D eigenvalue weighted by Gasteiger charge is 2.26. The van der Waals surface area contributed by atoms with Crippen molar-refractivity contribution in [1.29, 1.82) is 0 Å². The number of nitrogens with zero attached hydrogens (tertiary/aromatic N) is 3. The summed E-state index contributed by atoms with van der Waals surface area (Å²) in [5.41, 5.74) is 2.07. The number of piperazine rings is 1. The van der Waals surface area contributed by atoms with Gasteiger partial charge in [-0.15, -0.1) is 11.3 Å². The van der Waals surface area contributed by atoms with Crippen LogP contribution in [-0.4, -0.2) is 62.0 Å². The minimum absolute atomic E-state index is 0.213. The van der Waals surface area contributed by atoms with Crippen molar-refractivity contribution in [2.24, 2.45) is 0 Å². The zero-order valence-electron chi connectivity index (χ0n) is 19.7. The average Bonchev–Trinajstić information content (AvgIpc) is 3.22. The summed E-state index contributed by atoms with van der Waals surface area (Å²) < 4.78 is 0. The summed E-state index contributed by atoms with van der Waals surface area (Å²) in [6.07, 6.45) is 1.44. The standard InChI is InChI=1S/C24H25Cl3N6O2S/c1-28-11-14-13-36-22(20(14)27)24(35)31-21-17(23(34)30-19-4-3-15(25)12-29-19)9-16(26)10-18(21)33-7-5-32(2)6-8-33/h3-4,9-10,12-13,28H,5-8,11H2,1-2H3,(H,31,35)(H,29,30,34). The van der Waals surface area contributed by atoms with Crippen LogP contribution in [0.1, 0.15) is 25.6 Å². The number of rotatable bonds is 7. The number of pyridine rings is 1. The van der Waals surface area contributed by atoms with Gasteiger partial charge in [0.2, 0.25) is 0 Å². The van der Waals surface area contributed by atoms with Crippen molar-refractivity contribution in [3.8, 4) is 0 Å². The smallest absolute Gasteiger partial charge is 0.267 e. The van der Waals surface area contributed by atoms with Crippen LogP contribution in [0.2, 0.25) is 15.1 Å². The summed E-state index contributed by atoms with van der Waals surface area (Å²) in [7, 11) is 3.86. The molecule has 4 rings (SSSR count). The maximum atomic E-state index is 13.4. The van der Waals surface area contributed by atoms with Gasteiger partial charge in [-0.05, 0) is 49.3 Å². The topological polar surface area (TPSA) is 89.6 Å². The van der Waals surface area contributed by atoms with Crippen molar-refractivity contribution in [3.05, 3.63) is 66.9 Å². The largest absolute Gasteiger partial charge is 0.367 e. The lowest BCUT2D eigenvalue weighted by Gasteiger charge is -2.35. The molecule has 0 unspecified atom stereocenters. The van der Waals surface area contributed by atoms with E-state index in [1.165, 1.54) is 23.6 Å². The van der Waals surface area contributed by atoms with Gasteiger partial charge in [-0.1, -0.05) is 34.8 Å². The molecular formula is C24H25Cl3N6O2S. The number of thiophene rings is 1. The second-order valence-corrected chi connectivity index (χ2v) is 10.5. The van der Waals surface area contributed by atoms with Gasteiger partial charge in [-0.2, -0.15) is 0 Å².